The van der Waals surface area contributed by atoms with Crippen LogP contribution in [0.1, 0.15) is 39.0 Å². The molecule has 0 amide bonds. The summed E-state index contributed by atoms with van der Waals surface area (Å²) in [4.78, 5) is 5.23. The third-order valence-corrected chi connectivity index (χ3v) is 4.31. The maximum absolute atomic E-state index is 8.90. The van der Waals surface area contributed by atoms with E-state index in [1.54, 1.807) is 0 Å². The molecule has 2 N–H and O–H groups in total. The summed E-state index contributed by atoms with van der Waals surface area (Å²) in [6.07, 6.45) is 5.85. The van der Waals surface area contributed by atoms with Crippen LogP contribution in [0.3, 0.4) is 0 Å². The summed E-state index contributed by atoms with van der Waals surface area (Å²) in [5, 5.41) is 8.90. The minimum absolute atomic E-state index is 0.648. The van der Waals surface area contributed by atoms with Gasteiger partial charge in [-0.3, -0.25) is 4.90 Å². The van der Waals surface area contributed by atoms with Crippen LogP contribution in [0.2, 0.25) is 0 Å². The highest BCUT2D eigenvalue weighted by Gasteiger charge is 2.28. The fourth-order valence-electron chi connectivity index (χ4n) is 3.21. The van der Waals surface area contributed by atoms with E-state index >= 15 is 0 Å². The number of fused-ring (bicyclic) bond motifs is 1. The van der Waals surface area contributed by atoms with Gasteiger partial charge in [0.2, 0.25) is 0 Å². The van der Waals surface area contributed by atoms with Gasteiger partial charge in [-0.1, -0.05) is 0 Å². The molecule has 0 aromatic heterocycles. The fourth-order valence-corrected chi connectivity index (χ4v) is 3.21. The molecule has 0 aromatic carbocycles. The van der Waals surface area contributed by atoms with E-state index in [-0.39, 0.29) is 0 Å². The Labute approximate surface area is 111 Å². The Kier molecular flexibility index (Phi) is 4.60. The number of nitrogens with zero attached hydrogens (tertiary/aromatic N) is 3. The van der Waals surface area contributed by atoms with Crippen molar-refractivity contribution >= 4 is 0 Å². The van der Waals surface area contributed by atoms with Gasteiger partial charge in [0.15, 0.2) is 0 Å². The summed E-state index contributed by atoms with van der Waals surface area (Å²) >= 11 is 0. The number of nitriles is 1. The summed E-state index contributed by atoms with van der Waals surface area (Å²) in [5.41, 5.74) is 5.21. The molecule has 102 valence electrons. The highest BCUT2D eigenvalue weighted by Crippen LogP contribution is 2.21. The first-order chi connectivity index (χ1) is 8.61. The lowest BCUT2D eigenvalue weighted by molar-refractivity contribution is 0.216. The van der Waals surface area contributed by atoms with E-state index in [9.17, 15) is 0 Å². The fraction of sp³-hybridized carbons (Fsp3) is 0.929. The third kappa shape index (κ3) is 3.68. The van der Waals surface area contributed by atoms with Gasteiger partial charge in [0, 0.05) is 12.6 Å². The minimum Gasteiger partial charge on any atom is -0.314 e. The van der Waals surface area contributed by atoms with Gasteiger partial charge in [0.05, 0.1) is 6.07 Å². The predicted molar refractivity (Wildman–Crippen MR) is 73.1 cm³/mol. The Balaban J connectivity index is 1.74. The average molecular weight is 250 g/mol. The van der Waals surface area contributed by atoms with E-state index in [0.717, 1.165) is 25.4 Å². The number of nitrogens with two attached hydrogens (primary N) is 1. The van der Waals surface area contributed by atoms with Gasteiger partial charge >= 0.3 is 0 Å². The maximum atomic E-state index is 8.90. The van der Waals surface area contributed by atoms with Crippen molar-refractivity contribution in [2.45, 2.75) is 50.6 Å². The maximum Gasteiger partial charge on any atom is 0.101 e. The summed E-state index contributed by atoms with van der Waals surface area (Å²) in [6, 6.07) is 2.96. The molecule has 2 fully saturated rings. The van der Waals surface area contributed by atoms with Gasteiger partial charge < -0.3 is 10.6 Å². The monoisotopic (exact) mass is 250 g/mol. The largest absolute Gasteiger partial charge is 0.314 e. The molecule has 0 saturated carbocycles. The van der Waals surface area contributed by atoms with Crippen LogP contribution >= 0.6 is 0 Å². The first-order valence-electron chi connectivity index (χ1n) is 7.27. The van der Waals surface area contributed by atoms with Gasteiger partial charge in [-0.2, -0.15) is 5.26 Å². The molecule has 2 saturated heterocycles. The Morgan fingerprint density at radius 2 is 2.11 bits per heavy atom. The van der Waals surface area contributed by atoms with Crippen molar-refractivity contribution < 1.29 is 0 Å². The number of rotatable bonds is 4. The van der Waals surface area contributed by atoms with Crippen molar-refractivity contribution in [2.24, 2.45) is 5.73 Å². The van der Waals surface area contributed by atoms with Crippen LogP contribution in [0.5, 0.6) is 0 Å². The quantitative estimate of drug-likeness (QED) is 0.814. The topological polar surface area (TPSA) is 56.3 Å². The van der Waals surface area contributed by atoms with Crippen LogP contribution < -0.4 is 5.73 Å². The third-order valence-electron chi connectivity index (χ3n) is 4.31. The van der Waals surface area contributed by atoms with Crippen LogP contribution in [0.15, 0.2) is 0 Å². The molecule has 2 unspecified atom stereocenters. The molecular formula is C14H26N4. The van der Waals surface area contributed by atoms with E-state index in [4.69, 9.17) is 11.0 Å². The minimum atomic E-state index is -0.648. The molecule has 2 aliphatic rings. The van der Waals surface area contributed by atoms with E-state index in [0.29, 0.717) is 0 Å². The van der Waals surface area contributed by atoms with Crippen LogP contribution in [-0.2, 0) is 0 Å². The summed E-state index contributed by atoms with van der Waals surface area (Å²) in [6.45, 7) is 7.92. The molecule has 2 atom stereocenters. The van der Waals surface area contributed by atoms with Crippen molar-refractivity contribution in [1.82, 2.24) is 9.80 Å². The Bertz CT molecular complexity index is 307. The lowest BCUT2D eigenvalue weighted by Gasteiger charge is -2.26. The van der Waals surface area contributed by atoms with E-state index < -0.39 is 5.54 Å². The summed E-state index contributed by atoms with van der Waals surface area (Å²) in [7, 11) is 0. The van der Waals surface area contributed by atoms with Crippen molar-refractivity contribution in [3.05, 3.63) is 0 Å². The second kappa shape index (κ2) is 6.01. The average Bonchev–Trinajstić information content (AvgIpc) is 2.68. The van der Waals surface area contributed by atoms with Crippen LogP contribution in [0, 0.1) is 11.3 Å². The molecule has 2 heterocycles. The number of hydrogen-bond donors (Lipinski definition) is 1. The molecule has 0 spiro atoms. The highest BCUT2D eigenvalue weighted by atomic mass is 15.3. The molecule has 2 rings (SSSR count). The first kappa shape index (κ1) is 13.8. The van der Waals surface area contributed by atoms with E-state index in [2.05, 4.69) is 15.9 Å². The molecule has 0 radical (unpaired) electrons. The second-order valence-electron chi connectivity index (χ2n) is 6.12. The molecule has 0 aromatic rings. The van der Waals surface area contributed by atoms with Crippen LogP contribution in [0.25, 0.3) is 0 Å². The lowest BCUT2D eigenvalue weighted by atomic mass is 9.99. The zero-order chi connectivity index (χ0) is 13.0. The van der Waals surface area contributed by atoms with Gasteiger partial charge in [-0.15, -0.1) is 0 Å². The molecule has 0 bridgehead atoms. The summed E-state index contributed by atoms with van der Waals surface area (Å²) in [5.74, 6) is 0. The van der Waals surface area contributed by atoms with Crippen LogP contribution in [-0.4, -0.2) is 54.1 Å². The number of hydrogen-bond acceptors (Lipinski definition) is 4. The summed E-state index contributed by atoms with van der Waals surface area (Å²) < 4.78 is 0. The molecular weight excluding hydrogens is 224 g/mol. The first-order valence-corrected chi connectivity index (χ1v) is 7.27. The van der Waals surface area contributed by atoms with E-state index in [1.165, 1.54) is 45.4 Å². The molecule has 18 heavy (non-hydrogen) atoms. The molecule has 0 aliphatic carbocycles. The van der Waals surface area contributed by atoms with E-state index in [1.807, 2.05) is 6.92 Å². The highest BCUT2D eigenvalue weighted by molar-refractivity contribution is 5.00. The Morgan fingerprint density at radius 3 is 2.89 bits per heavy atom. The van der Waals surface area contributed by atoms with Crippen molar-refractivity contribution in [1.29, 1.82) is 5.26 Å². The molecule has 4 heteroatoms. The standard InChI is InChI=1S/C14H26N4/c1-14(16,12-15)6-3-7-17-8-4-10-18-9-2-5-13(18)11-17/h13H,2-11,16H2,1H3. The van der Waals surface area contributed by atoms with Gasteiger partial charge in [0.1, 0.15) is 5.54 Å². The van der Waals surface area contributed by atoms with Crippen molar-refractivity contribution in [2.75, 3.05) is 32.7 Å². The Hall–Kier alpha value is -0.630. The SMILES string of the molecule is CC(N)(C#N)CCCN1CCCN2CCCC2C1. The zero-order valence-corrected chi connectivity index (χ0v) is 11.6. The van der Waals surface area contributed by atoms with Crippen molar-refractivity contribution in [3.8, 4) is 6.07 Å². The normalized spacial score (nSPS) is 29.3. The second-order valence-corrected chi connectivity index (χ2v) is 6.12. The predicted octanol–water partition coefficient (Wildman–Crippen LogP) is 1.18. The smallest absolute Gasteiger partial charge is 0.101 e. The zero-order valence-electron chi connectivity index (χ0n) is 11.6. The molecule has 4 nitrogen and oxygen atoms in total. The van der Waals surface area contributed by atoms with Gasteiger partial charge in [0.25, 0.3) is 0 Å². The lowest BCUT2D eigenvalue weighted by Crippen LogP contribution is -2.38. The van der Waals surface area contributed by atoms with Crippen molar-refractivity contribution in [3.63, 3.8) is 0 Å². The van der Waals surface area contributed by atoms with Gasteiger partial charge in [-0.25, -0.2) is 0 Å². The molecule has 2 aliphatic heterocycles. The van der Waals surface area contributed by atoms with Gasteiger partial charge in [-0.05, 0) is 65.2 Å². The van der Waals surface area contributed by atoms with Crippen LogP contribution in [0.4, 0.5) is 0 Å². The Morgan fingerprint density at radius 1 is 1.33 bits per heavy atom.